The van der Waals surface area contributed by atoms with Gasteiger partial charge in [-0.05, 0) is 57.2 Å². The van der Waals surface area contributed by atoms with E-state index < -0.39 is 0 Å². The Bertz CT molecular complexity index is 380. The molecule has 1 aliphatic rings. The molecule has 0 aromatic carbocycles. The van der Waals surface area contributed by atoms with Crippen LogP contribution in [0.3, 0.4) is 0 Å². The van der Waals surface area contributed by atoms with Crippen LogP contribution >= 0.6 is 43.2 Å². The molecule has 0 radical (unpaired) electrons. The van der Waals surface area contributed by atoms with Gasteiger partial charge in [0.2, 0.25) is 0 Å². The van der Waals surface area contributed by atoms with Crippen LogP contribution in [-0.2, 0) is 9.47 Å². The molecular weight excluding hydrogens is 372 g/mol. The zero-order valence-electron chi connectivity index (χ0n) is 9.08. The zero-order valence-corrected chi connectivity index (χ0v) is 13.1. The summed E-state index contributed by atoms with van der Waals surface area (Å²) in [5.74, 6) is -0.282. The molecule has 2 heterocycles. The summed E-state index contributed by atoms with van der Waals surface area (Å²) in [4.78, 5) is 12.3. The van der Waals surface area contributed by atoms with Crippen molar-refractivity contribution in [1.82, 2.24) is 0 Å². The van der Waals surface area contributed by atoms with Gasteiger partial charge in [-0.1, -0.05) is 0 Å². The Hall–Kier alpha value is 0.0900. The molecule has 1 fully saturated rings. The van der Waals surface area contributed by atoms with Gasteiger partial charge in [-0.25, -0.2) is 4.79 Å². The summed E-state index contributed by atoms with van der Waals surface area (Å²) in [6.07, 6.45) is 3.30. The molecule has 6 heteroatoms. The van der Waals surface area contributed by atoms with Gasteiger partial charge in [-0.15, -0.1) is 11.3 Å². The number of carbonyl (C=O) groups excluding carboxylic acids is 1. The minimum Gasteiger partial charge on any atom is -0.459 e. The Labute approximate surface area is 121 Å². The standard InChI is InChI=1S/C11H12Br2O3S/c12-8-5-9(17-10(8)13)11(14)16-6-7-3-1-2-4-15-7/h5,7H,1-4,6H2. The van der Waals surface area contributed by atoms with Crippen molar-refractivity contribution in [3.8, 4) is 0 Å². The van der Waals surface area contributed by atoms with Gasteiger partial charge in [0.25, 0.3) is 0 Å². The van der Waals surface area contributed by atoms with Crippen LogP contribution in [0, 0.1) is 0 Å². The van der Waals surface area contributed by atoms with E-state index >= 15 is 0 Å². The van der Waals surface area contributed by atoms with E-state index in [2.05, 4.69) is 31.9 Å². The normalized spacial score (nSPS) is 20.2. The fraction of sp³-hybridized carbons (Fsp3) is 0.545. The lowest BCUT2D eigenvalue weighted by atomic mass is 10.1. The van der Waals surface area contributed by atoms with E-state index in [0.29, 0.717) is 11.5 Å². The third kappa shape index (κ3) is 3.77. The number of hydrogen-bond donors (Lipinski definition) is 0. The first kappa shape index (κ1) is 13.5. The molecule has 94 valence electrons. The number of halogens is 2. The molecule has 0 N–H and O–H groups in total. The predicted octanol–water partition coefficient (Wildman–Crippen LogP) is 4.00. The van der Waals surface area contributed by atoms with Crippen molar-refractivity contribution < 1.29 is 14.3 Å². The number of carbonyl (C=O) groups is 1. The maximum atomic E-state index is 11.7. The largest absolute Gasteiger partial charge is 0.459 e. The number of ether oxygens (including phenoxy) is 2. The topological polar surface area (TPSA) is 35.5 Å². The van der Waals surface area contributed by atoms with Crippen LogP contribution < -0.4 is 0 Å². The summed E-state index contributed by atoms with van der Waals surface area (Å²) in [5, 5.41) is 0. The number of hydrogen-bond acceptors (Lipinski definition) is 4. The van der Waals surface area contributed by atoms with E-state index in [0.717, 1.165) is 34.1 Å². The van der Waals surface area contributed by atoms with Gasteiger partial charge in [-0.2, -0.15) is 0 Å². The smallest absolute Gasteiger partial charge is 0.348 e. The molecule has 3 nitrogen and oxygen atoms in total. The van der Waals surface area contributed by atoms with E-state index in [-0.39, 0.29) is 12.1 Å². The van der Waals surface area contributed by atoms with Crippen LogP contribution in [0.2, 0.25) is 0 Å². The molecule has 17 heavy (non-hydrogen) atoms. The molecular formula is C11H12Br2O3S. The molecule has 1 aromatic heterocycles. The number of rotatable bonds is 3. The second-order valence-electron chi connectivity index (χ2n) is 3.82. The zero-order chi connectivity index (χ0) is 12.3. The summed E-state index contributed by atoms with van der Waals surface area (Å²) >= 11 is 8.06. The van der Waals surface area contributed by atoms with Gasteiger partial charge in [0.1, 0.15) is 11.5 Å². The van der Waals surface area contributed by atoms with Gasteiger partial charge in [0.15, 0.2) is 0 Å². The molecule has 0 aliphatic carbocycles. The lowest BCUT2D eigenvalue weighted by Gasteiger charge is -2.21. The Balaban J connectivity index is 1.84. The summed E-state index contributed by atoms with van der Waals surface area (Å²) in [6, 6.07) is 1.76. The average molecular weight is 384 g/mol. The SMILES string of the molecule is O=C(OCC1CCCCO1)c1cc(Br)c(Br)s1. The molecule has 0 bridgehead atoms. The highest BCUT2D eigenvalue weighted by molar-refractivity contribution is 9.13. The third-order valence-electron chi connectivity index (χ3n) is 2.52. The van der Waals surface area contributed by atoms with Crippen LogP contribution in [0.5, 0.6) is 0 Å². The van der Waals surface area contributed by atoms with E-state index in [1.54, 1.807) is 6.07 Å². The van der Waals surface area contributed by atoms with Gasteiger partial charge in [0, 0.05) is 11.1 Å². The fourth-order valence-corrected chi connectivity index (χ4v) is 3.56. The molecule has 2 rings (SSSR count). The van der Waals surface area contributed by atoms with E-state index in [4.69, 9.17) is 9.47 Å². The van der Waals surface area contributed by atoms with Crippen molar-refractivity contribution >= 4 is 49.2 Å². The maximum Gasteiger partial charge on any atom is 0.348 e. The van der Waals surface area contributed by atoms with Gasteiger partial charge in [0.05, 0.1) is 9.89 Å². The van der Waals surface area contributed by atoms with Crippen LogP contribution in [0.4, 0.5) is 0 Å². The van der Waals surface area contributed by atoms with Crippen LogP contribution in [0.25, 0.3) is 0 Å². The van der Waals surface area contributed by atoms with E-state index in [1.807, 2.05) is 0 Å². The average Bonchev–Trinajstić information content (AvgIpc) is 2.68. The molecule has 1 aromatic rings. The van der Waals surface area contributed by atoms with Gasteiger partial charge in [-0.3, -0.25) is 0 Å². The first-order valence-electron chi connectivity index (χ1n) is 5.40. The molecule has 1 atom stereocenters. The highest BCUT2D eigenvalue weighted by Crippen LogP contribution is 2.32. The fourth-order valence-electron chi connectivity index (χ4n) is 1.63. The monoisotopic (exact) mass is 382 g/mol. The lowest BCUT2D eigenvalue weighted by molar-refractivity contribution is -0.0298. The van der Waals surface area contributed by atoms with Crippen LogP contribution in [0.1, 0.15) is 28.9 Å². The third-order valence-corrected chi connectivity index (χ3v) is 5.76. The molecule has 0 amide bonds. The first-order chi connectivity index (χ1) is 8.16. The Kier molecular flexibility index (Phi) is 5.02. The molecule has 1 unspecified atom stereocenters. The highest BCUT2D eigenvalue weighted by atomic mass is 79.9. The molecule has 1 saturated heterocycles. The lowest BCUT2D eigenvalue weighted by Crippen LogP contribution is -2.25. The van der Waals surface area contributed by atoms with Crippen LogP contribution in [0.15, 0.2) is 14.3 Å². The summed E-state index contributed by atoms with van der Waals surface area (Å²) in [6.45, 7) is 1.13. The summed E-state index contributed by atoms with van der Waals surface area (Å²) in [7, 11) is 0. The minimum absolute atomic E-state index is 0.0690. The summed E-state index contributed by atoms with van der Waals surface area (Å²) in [5.41, 5.74) is 0. The Morgan fingerprint density at radius 1 is 1.53 bits per heavy atom. The second-order valence-corrected chi connectivity index (χ2v) is 7.04. The Morgan fingerprint density at radius 2 is 2.35 bits per heavy atom. The number of esters is 1. The van der Waals surface area contributed by atoms with Crippen molar-refractivity contribution in [3.05, 3.63) is 19.2 Å². The van der Waals surface area contributed by atoms with E-state index in [1.165, 1.54) is 11.3 Å². The summed E-state index contributed by atoms with van der Waals surface area (Å²) < 4.78 is 12.5. The highest BCUT2D eigenvalue weighted by Gasteiger charge is 2.18. The van der Waals surface area contributed by atoms with Crippen molar-refractivity contribution in [2.45, 2.75) is 25.4 Å². The van der Waals surface area contributed by atoms with Gasteiger partial charge >= 0.3 is 5.97 Å². The molecule has 0 saturated carbocycles. The van der Waals surface area contributed by atoms with Crippen molar-refractivity contribution in [2.75, 3.05) is 13.2 Å². The van der Waals surface area contributed by atoms with E-state index in [9.17, 15) is 4.79 Å². The van der Waals surface area contributed by atoms with Crippen molar-refractivity contribution in [1.29, 1.82) is 0 Å². The van der Waals surface area contributed by atoms with Crippen molar-refractivity contribution in [2.24, 2.45) is 0 Å². The van der Waals surface area contributed by atoms with Gasteiger partial charge < -0.3 is 9.47 Å². The predicted molar refractivity (Wildman–Crippen MR) is 73.6 cm³/mol. The maximum absolute atomic E-state index is 11.7. The number of thiophene rings is 1. The molecule has 1 aliphatic heterocycles. The van der Waals surface area contributed by atoms with Crippen LogP contribution in [-0.4, -0.2) is 25.3 Å². The first-order valence-corrected chi connectivity index (χ1v) is 7.80. The minimum atomic E-state index is -0.282. The Morgan fingerprint density at radius 3 is 2.94 bits per heavy atom. The molecule has 0 spiro atoms. The second kappa shape index (κ2) is 6.31. The quantitative estimate of drug-likeness (QED) is 0.740. The van der Waals surface area contributed by atoms with Crippen molar-refractivity contribution in [3.63, 3.8) is 0 Å².